The molecule has 2 aromatic carbocycles. The number of aliphatic carboxylic acids is 1. The Morgan fingerprint density at radius 3 is 2.15 bits per heavy atom. The van der Waals surface area contributed by atoms with Gasteiger partial charge in [0.15, 0.2) is 6.10 Å². The van der Waals surface area contributed by atoms with Crippen molar-refractivity contribution in [1.29, 1.82) is 0 Å². The fourth-order valence-corrected chi connectivity index (χ4v) is 2.80. The Morgan fingerprint density at radius 1 is 1.00 bits per heavy atom. The first-order valence-corrected chi connectivity index (χ1v) is 8.73. The molecule has 0 saturated heterocycles. The van der Waals surface area contributed by atoms with Crippen LogP contribution in [0.4, 0.5) is 5.69 Å². The maximum Gasteiger partial charge on any atom is 0.344 e. The van der Waals surface area contributed by atoms with E-state index in [1.165, 1.54) is 18.3 Å². The Bertz CT molecular complexity index is 935. The largest absolute Gasteiger partial charge is 0.479 e. The number of rotatable bonds is 6. The second-order valence-corrected chi connectivity index (χ2v) is 6.39. The van der Waals surface area contributed by atoms with Gasteiger partial charge in [-0.2, -0.15) is 0 Å². The summed E-state index contributed by atoms with van der Waals surface area (Å²) in [6.07, 6.45) is 0.890. The number of benzene rings is 2. The molecule has 0 saturated carbocycles. The summed E-state index contributed by atoms with van der Waals surface area (Å²) in [5.41, 5.74) is 5.28. The van der Waals surface area contributed by atoms with Gasteiger partial charge in [0.2, 0.25) is 0 Å². The molecule has 1 N–H and O–H groups in total. The van der Waals surface area contributed by atoms with Crippen LogP contribution in [-0.2, 0) is 4.79 Å². The lowest BCUT2D eigenvalue weighted by molar-refractivity contribution is -0.144. The predicted octanol–water partition coefficient (Wildman–Crippen LogP) is 4.70. The van der Waals surface area contributed by atoms with Gasteiger partial charge in [0.1, 0.15) is 5.75 Å². The highest BCUT2D eigenvalue weighted by Gasteiger charge is 2.11. The minimum Gasteiger partial charge on any atom is -0.479 e. The molecule has 138 valence electrons. The molecule has 1 heterocycles. The lowest BCUT2D eigenvalue weighted by Crippen LogP contribution is -2.22. The van der Waals surface area contributed by atoms with Crippen molar-refractivity contribution in [3.05, 3.63) is 77.6 Å². The molecular formula is C22H22N2O3. The van der Waals surface area contributed by atoms with E-state index in [2.05, 4.69) is 47.7 Å². The molecule has 5 heteroatoms. The van der Waals surface area contributed by atoms with Crippen LogP contribution in [0.2, 0.25) is 0 Å². The smallest absolute Gasteiger partial charge is 0.344 e. The van der Waals surface area contributed by atoms with Crippen LogP contribution in [0, 0.1) is 13.8 Å². The highest BCUT2D eigenvalue weighted by atomic mass is 16.5. The molecule has 1 atom stereocenters. The molecule has 0 aliphatic heterocycles. The summed E-state index contributed by atoms with van der Waals surface area (Å²) in [5.74, 6) is -0.474. The number of hydrogen-bond donors (Lipinski definition) is 1. The number of nitrogens with zero attached hydrogens (tertiary/aromatic N) is 2. The first-order valence-electron chi connectivity index (χ1n) is 8.73. The summed E-state index contributed by atoms with van der Waals surface area (Å²) < 4.78 is 7.51. The Hall–Kier alpha value is -3.34. The van der Waals surface area contributed by atoms with E-state index in [4.69, 9.17) is 9.84 Å². The summed E-state index contributed by atoms with van der Waals surface area (Å²) in [7, 11) is 0. The number of hydrogen-bond acceptors (Lipinski definition) is 3. The van der Waals surface area contributed by atoms with Crippen LogP contribution in [0.15, 0.2) is 65.7 Å². The van der Waals surface area contributed by atoms with E-state index < -0.39 is 12.1 Å². The molecule has 3 aromatic rings. The van der Waals surface area contributed by atoms with Gasteiger partial charge in [0.05, 0.1) is 5.69 Å². The molecule has 1 aromatic heterocycles. The topological polar surface area (TPSA) is 63.8 Å². The summed E-state index contributed by atoms with van der Waals surface area (Å²) in [5, 5.41) is 8.87. The van der Waals surface area contributed by atoms with Crippen LogP contribution >= 0.6 is 0 Å². The van der Waals surface area contributed by atoms with Gasteiger partial charge in [-0.3, -0.25) is 4.99 Å². The molecule has 0 spiro atoms. The quantitative estimate of drug-likeness (QED) is 0.647. The molecule has 0 unspecified atom stereocenters. The Labute approximate surface area is 158 Å². The van der Waals surface area contributed by atoms with Crippen molar-refractivity contribution in [3.63, 3.8) is 0 Å². The monoisotopic (exact) mass is 362 g/mol. The van der Waals surface area contributed by atoms with Gasteiger partial charge in [-0.15, -0.1) is 0 Å². The first kappa shape index (κ1) is 18.5. The minimum absolute atomic E-state index is 0.517. The highest BCUT2D eigenvalue weighted by molar-refractivity contribution is 5.82. The van der Waals surface area contributed by atoms with Crippen LogP contribution in [-0.4, -0.2) is 28.0 Å². The molecule has 0 radical (unpaired) electrons. The lowest BCUT2D eigenvalue weighted by atomic mass is 10.2. The molecule has 0 fully saturated rings. The van der Waals surface area contributed by atoms with Crippen molar-refractivity contribution in [1.82, 2.24) is 4.57 Å². The van der Waals surface area contributed by atoms with Crippen molar-refractivity contribution in [3.8, 4) is 11.4 Å². The fourth-order valence-electron chi connectivity index (χ4n) is 2.80. The SMILES string of the molecule is Cc1ccc(C)n1-c1ccc(N=Cc2ccc(O[C@@H](C)C(=O)O)cc2)cc1. The average Bonchev–Trinajstić information content (AvgIpc) is 3.00. The lowest BCUT2D eigenvalue weighted by Gasteiger charge is -2.10. The molecule has 3 rings (SSSR count). The Balaban J connectivity index is 1.68. The van der Waals surface area contributed by atoms with Gasteiger partial charge in [-0.1, -0.05) is 0 Å². The Morgan fingerprint density at radius 2 is 1.59 bits per heavy atom. The Kier molecular flexibility index (Phi) is 5.41. The number of carboxylic acid groups (broad SMARTS) is 1. The van der Waals surface area contributed by atoms with Crippen LogP contribution in [0.5, 0.6) is 5.75 Å². The fraction of sp³-hybridized carbons (Fsp3) is 0.182. The van der Waals surface area contributed by atoms with Gasteiger partial charge in [-0.05, 0) is 87.0 Å². The average molecular weight is 362 g/mol. The van der Waals surface area contributed by atoms with Crippen molar-refractivity contribution >= 4 is 17.9 Å². The molecular weight excluding hydrogens is 340 g/mol. The normalized spacial score (nSPS) is 12.3. The summed E-state index contributed by atoms with van der Waals surface area (Å²) >= 11 is 0. The summed E-state index contributed by atoms with van der Waals surface area (Å²) in [6.45, 7) is 5.67. The zero-order chi connectivity index (χ0) is 19.4. The molecule has 27 heavy (non-hydrogen) atoms. The van der Waals surface area contributed by atoms with E-state index in [1.54, 1.807) is 18.3 Å². The predicted molar refractivity (Wildman–Crippen MR) is 107 cm³/mol. The van der Waals surface area contributed by atoms with Crippen molar-refractivity contribution in [2.45, 2.75) is 26.9 Å². The first-order chi connectivity index (χ1) is 12.9. The van der Waals surface area contributed by atoms with Crippen LogP contribution < -0.4 is 4.74 Å². The van der Waals surface area contributed by atoms with E-state index in [0.29, 0.717) is 5.75 Å². The number of aliphatic imine (C=N–C) groups is 1. The number of ether oxygens (including phenoxy) is 1. The van der Waals surface area contributed by atoms with Crippen LogP contribution in [0.3, 0.4) is 0 Å². The van der Waals surface area contributed by atoms with Gasteiger partial charge in [0, 0.05) is 23.3 Å². The summed E-state index contributed by atoms with van der Waals surface area (Å²) in [6, 6.07) is 19.4. The maximum absolute atomic E-state index is 10.8. The van der Waals surface area contributed by atoms with Gasteiger partial charge >= 0.3 is 5.97 Å². The minimum atomic E-state index is -0.991. The highest BCUT2D eigenvalue weighted by Crippen LogP contribution is 2.20. The number of carboxylic acids is 1. The summed E-state index contributed by atoms with van der Waals surface area (Å²) in [4.78, 5) is 15.3. The van der Waals surface area contributed by atoms with Crippen LogP contribution in [0.25, 0.3) is 5.69 Å². The third-order valence-corrected chi connectivity index (χ3v) is 4.28. The second kappa shape index (κ2) is 7.91. The van der Waals surface area contributed by atoms with Crippen LogP contribution in [0.1, 0.15) is 23.9 Å². The van der Waals surface area contributed by atoms with E-state index in [9.17, 15) is 4.79 Å². The molecule has 0 aliphatic rings. The number of aryl methyl sites for hydroxylation is 2. The number of aromatic nitrogens is 1. The van der Waals surface area contributed by atoms with E-state index in [0.717, 1.165) is 16.9 Å². The maximum atomic E-state index is 10.8. The van der Waals surface area contributed by atoms with Gasteiger partial charge in [0.25, 0.3) is 0 Å². The third kappa shape index (κ3) is 4.44. The van der Waals surface area contributed by atoms with E-state index in [-0.39, 0.29) is 0 Å². The van der Waals surface area contributed by atoms with E-state index >= 15 is 0 Å². The zero-order valence-corrected chi connectivity index (χ0v) is 15.6. The van der Waals surface area contributed by atoms with Gasteiger partial charge < -0.3 is 14.4 Å². The van der Waals surface area contributed by atoms with Crippen molar-refractivity contribution in [2.75, 3.05) is 0 Å². The second-order valence-electron chi connectivity index (χ2n) is 6.39. The van der Waals surface area contributed by atoms with Crippen molar-refractivity contribution < 1.29 is 14.6 Å². The van der Waals surface area contributed by atoms with Crippen molar-refractivity contribution in [2.24, 2.45) is 4.99 Å². The van der Waals surface area contributed by atoms with Gasteiger partial charge in [-0.25, -0.2) is 4.79 Å². The zero-order valence-electron chi connectivity index (χ0n) is 15.6. The number of carbonyl (C=O) groups is 1. The molecule has 0 bridgehead atoms. The standard InChI is InChI=1S/C22H22N2O3/c1-15-4-5-16(2)24(15)20-10-8-19(9-11-20)23-14-18-6-12-21(13-7-18)27-17(3)22(25)26/h4-14,17H,1-3H3,(H,25,26)/t17-/m0/s1. The molecule has 5 nitrogen and oxygen atoms in total. The molecule has 0 aliphatic carbocycles. The van der Waals surface area contributed by atoms with E-state index in [1.807, 2.05) is 24.3 Å². The molecule has 0 amide bonds. The third-order valence-electron chi connectivity index (χ3n) is 4.28.